The molecule has 0 bridgehead atoms. The van der Waals surface area contributed by atoms with Gasteiger partial charge in [-0.25, -0.2) is 4.68 Å². The fraction of sp³-hybridized carbons (Fsp3) is 0.455. The van der Waals surface area contributed by atoms with Gasteiger partial charge in [-0.2, -0.15) is 10.5 Å². The normalized spacial score (nSPS) is 12.1. The van der Waals surface area contributed by atoms with Crippen molar-refractivity contribution in [3.8, 4) is 24.5 Å². The molecular formula is C55H79FN12O7. The standard InChI is InChI=1S/C13H21N3O.C13H15N3O.C13H13N3O.C9H10N2O.C5H13NO2.CH3F.CH4O/c3*1-15(2)7-5-10-8-11-4-3-6-16(11)13(17)12(10)9-14;1-4-8-6(2)5-7(3)11(10)9(8)12;1-6(2)5(7-3)8-4;2*1-2/h8H,3-7,9,14H2,1-2H3;3-4,8H,5-7H2,1-2H3;3-5,7-8H,6H2,1-2H3;1,5H,10H2,2-3H3;5H,1-4H3;1H3;2H,1H3/b;;7-5+;;;;/i;;;;;1D;. The molecular weight excluding hydrogens is 960 g/mol. The van der Waals surface area contributed by atoms with Gasteiger partial charge in [0.1, 0.15) is 23.3 Å². The molecule has 0 saturated heterocycles. The van der Waals surface area contributed by atoms with Gasteiger partial charge in [-0.3, -0.25) is 28.5 Å². The van der Waals surface area contributed by atoms with E-state index >= 15 is 0 Å². The Morgan fingerprint density at radius 1 is 0.800 bits per heavy atom. The first-order valence-electron chi connectivity index (χ1n) is 24.5. The van der Waals surface area contributed by atoms with E-state index in [0.717, 1.165) is 90.7 Å². The largest absolute Gasteiger partial charge is 0.400 e. The Morgan fingerprint density at radius 2 is 1.32 bits per heavy atom. The van der Waals surface area contributed by atoms with Crippen LogP contribution in [0.1, 0.15) is 75.1 Å². The number of terminal acetylenes is 1. The maximum absolute atomic E-state index is 12.2. The van der Waals surface area contributed by atoms with Gasteiger partial charge in [-0.05, 0) is 147 Å². The summed E-state index contributed by atoms with van der Waals surface area (Å²) in [6, 6.07) is 11.8. The topological polar surface area (TPSA) is 239 Å². The molecule has 4 aromatic rings. The van der Waals surface area contributed by atoms with Gasteiger partial charge < -0.3 is 54.6 Å². The molecule has 19 nitrogen and oxygen atoms in total. The van der Waals surface area contributed by atoms with Crippen LogP contribution in [0.15, 0.2) is 61.8 Å². The van der Waals surface area contributed by atoms with Crippen molar-refractivity contribution in [2.75, 3.05) is 104 Å². The van der Waals surface area contributed by atoms with Crippen LogP contribution in [0.25, 0.3) is 18.2 Å². The van der Waals surface area contributed by atoms with Gasteiger partial charge in [0.05, 0.1) is 14.1 Å². The molecule has 3 aliphatic rings. The van der Waals surface area contributed by atoms with Crippen molar-refractivity contribution < 1.29 is 20.3 Å². The summed E-state index contributed by atoms with van der Waals surface area (Å²) in [5.74, 6) is 7.75. The number of pyridine rings is 4. The Hall–Kier alpha value is -7.19. The first kappa shape index (κ1) is 63.9. The average molecular weight is 1040 g/mol. The SMILES string of the molecule is C#Cc1c(C)cc(C)n(N)c1=O.CN(C)/C=C/c1cc2n(c(=O)c1C#N)CC=C2.CN(C)CCc1cc2n(c(=O)c1C#N)CC=C2.CN(C)CCc1cc2n(c(=O)c1CN)CCC2.CO.COC(OC)N(C)C.[2H]CF. The van der Waals surface area contributed by atoms with Crippen molar-refractivity contribution in [2.24, 2.45) is 5.73 Å². The summed E-state index contributed by atoms with van der Waals surface area (Å²) in [6.45, 7) is 7.68. The molecule has 0 spiro atoms. The molecule has 7 heterocycles. The van der Waals surface area contributed by atoms with E-state index in [1.54, 1.807) is 49.3 Å². The van der Waals surface area contributed by atoms with E-state index in [4.69, 9.17) is 44.5 Å². The molecule has 0 atom stereocenters. The summed E-state index contributed by atoms with van der Waals surface area (Å²) >= 11 is 0. The molecule has 75 heavy (non-hydrogen) atoms. The van der Waals surface area contributed by atoms with E-state index in [1.807, 2.05) is 130 Å². The molecule has 0 radical (unpaired) electrons. The number of alkyl halides is 1. The van der Waals surface area contributed by atoms with Crippen molar-refractivity contribution in [1.29, 1.82) is 10.5 Å². The van der Waals surface area contributed by atoms with Gasteiger partial charge in [0, 0.05) is 109 Å². The van der Waals surface area contributed by atoms with E-state index in [0.29, 0.717) is 42.0 Å². The number of nitrogens with zero attached hydrogens (tertiary/aromatic N) is 10. The Bertz CT molecular complexity index is 2980. The number of methoxy groups -OCH3 is 2. The number of nitrogens with two attached hydrogens (primary N) is 2. The van der Waals surface area contributed by atoms with Crippen LogP contribution in [0.2, 0.25) is 0 Å². The molecule has 0 saturated carbocycles. The molecule has 3 aliphatic heterocycles. The Labute approximate surface area is 443 Å². The maximum Gasteiger partial charge on any atom is 0.284 e. The molecule has 4 aromatic heterocycles. The van der Waals surface area contributed by atoms with Crippen LogP contribution >= 0.6 is 0 Å². The van der Waals surface area contributed by atoms with Crippen LogP contribution < -0.4 is 33.8 Å². The second-order valence-electron chi connectivity index (χ2n) is 17.9. The first-order valence-corrected chi connectivity index (χ1v) is 23.8. The highest BCUT2D eigenvalue weighted by Gasteiger charge is 2.19. The second kappa shape index (κ2) is 33.6. The van der Waals surface area contributed by atoms with Crippen LogP contribution in [0, 0.1) is 48.9 Å². The third kappa shape index (κ3) is 18.9. The molecule has 408 valence electrons. The van der Waals surface area contributed by atoms with Crippen LogP contribution in [0.3, 0.4) is 0 Å². The minimum Gasteiger partial charge on any atom is -0.400 e. The van der Waals surface area contributed by atoms with Gasteiger partial charge in [0.15, 0.2) is 0 Å². The quantitative estimate of drug-likeness (QED) is 0.105. The minimum absolute atomic E-state index is 0.135. The van der Waals surface area contributed by atoms with E-state index in [-0.39, 0.29) is 34.2 Å². The van der Waals surface area contributed by atoms with E-state index < -0.39 is 7.15 Å². The van der Waals surface area contributed by atoms with E-state index in [2.05, 4.69) is 16.9 Å². The van der Waals surface area contributed by atoms with E-state index in [1.165, 1.54) is 5.69 Å². The number of hydrogen-bond donors (Lipinski definition) is 3. The number of likely N-dealkylation sites (N-methyl/N-ethyl adjacent to an activating group) is 2. The number of rotatable bonds is 12. The summed E-state index contributed by atoms with van der Waals surface area (Å²) in [6.07, 6.45) is 20.0. The zero-order valence-corrected chi connectivity index (χ0v) is 46.1. The number of aliphatic hydroxyl groups excluding tert-OH is 1. The molecule has 7 rings (SSSR count). The predicted molar refractivity (Wildman–Crippen MR) is 298 cm³/mol. The number of aliphatic hydroxyl groups is 1. The second-order valence-corrected chi connectivity index (χ2v) is 17.9. The summed E-state index contributed by atoms with van der Waals surface area (Å²) < 4.78 is 31.4. The lowest BCUT2D eigenvalue weighted by molar-refractivity contribution is -0.179. The fourth-order valence-electron chi connectivity index (χ4n) is 7.80. The predicted octanol–water partition coefficient (Wildman–Crippen LogP) is 2.97. The lowest BCUT2D eigenvalue weighted by Crippen LogP contribution is -2.31. The van der Waals surface area contributed by atoms with Crippen molar-refractivity contribution in [1.82, 2.24) is 38.0 Å². The molecule has 0 aromatic carbocycles. The third-order valence-corrected chi connectivity index (χ3v) is 11.6. The smallest absolute Gasteiger partial charge is 0.284 e. The maximum atomic E-state index is 12.2. The number of halogens is 1. The number of nitriles is 2. The summed E-state index contributed by atoms with van der Waals surface area (Å²) in [5.41, 5.74) is 13.9. The monoisotopic (exact) mass is 1040 g/mol. The lowest BCUT2D eigenvalue weighted by atomic mass is 10.0. The third-order valence-electron chi connectivity index (χ3n) is 11.6. The highest BCUT2D eigenvalue weighted by atomic mass is 19.1. The van der Waals surface area contributed by atoms with Crippen LogP contribution in [0.4, 0.5) is 4.39 Å². The van der Waals surface area contributed by atoms with Gasteiger partial charge in [0.2, 0.25) is 6.41 Å². The van der Waals surface area contributed by atoms with Crippen molar-refractivity contribution >= 4 is 18.2 Å². The van der Waals surface area contributed by atoms with Crippen molar-refractivity contribution in [3.05, 3.63) is 151 Å². The van der Waals surface area contributed by atoms with Gasteiger partial charge in [-0.1, -0.05) is 18.1 Å². The number of allylic oxidation sites excluding steroid dienone is 2. The zero-order chi connectivity index (χ0) is 57.8. The van der Waals surface area contributed by atoms with Gasteiger partial charge in [0.25, 0.3) is 22.2 Å². The lowest BCUT2D eigenvalue weighted by Gasteiger charge is -2.19. The Morgan fingerprint density at radius 3 is 1.77 bits per heavy atom. The van der Waals surface area contributed by atoms with Gasteiger partial charge in [-0.15, -0.1) is 6.42 Å². The van der Waals surface area contributed by atoms with Crippen LogP contribution in [0.5, 0.6) is 0 Å². The van der Waals surface area contributed by atoms with Crippen molar-refractivity contribution in [3.63, 3.8) is 0 Å². The van der Waals surface area contributed by atoms with Crippen LogP contribution in [-0.2, 0) is 54.9 Å². The molecule has 0 amide bonds. The summed E-state index contributed by atoms with van der Waals surface area (Å²) in [4.78, 5) is 55.5. The minimum atomic E-state index is -1.00. The number of ether oxygens (including phenoxy) is 2. The number of nitrogen functional groups attached to an aromatic ring is 1. The van der Waals surface area contributed by atoms with Gasteiger partial charge >= 0.3 is 0 Å². The zero-order valence-electron chi connectivity index (χ0n) is 47.1. The highest BCUT2D eigenvalue weighted by molar-refractivity contribution is 5.62. The molecule has 0 unspecified atom stereocenters. The molecule has 5 N–H and O–H groups in total. The Balaban J connectivity index is 0.000000474. The summed E-state index contributed by atoms with van der Waals surface area (Å²) in [5, 5.41) is 25.2. The molecule has 0 aliphatic carbocycles. The van der Waals surface area contributed by atoms with Crippen molar-refractivity contribution in [2.45, 2.75) is 72.1 Å². The number of aromatic nitrogens is 4. The molecule has 0 fully saturated rings. The number of aryl methyl sites for hydroxylation is 3. The highest BCUT2D eigenvalue weighted by Crippen LogP contribution is 2.18. The fourth-order valence-corrected chi connectivity index (χ4v) is 7.80. The number of fused-ring (bicyclic) bond motifs is 3. The van der Waals surface area contributed by atoms with Crippen LogP contribution in [-0.4, -0.2) is 147 Å². The average Bonchev–Trinajstić information content (AvgIpc) is 4.19. The summed E-state index contributed by atoms with van der Waals surface area (Å²) in [7, 11) is 18.8. The Kier molecular flexibility index (Phi) is 28.6. The van der Waals surface area contributed by atoms with E-state index in [9.17, 15) is 23.6 Å². The first-order chi connectivity index (χ1) is 36.1. The number of hydrogen-bond acceptors (Lipinski definition) is 15. The molecule has 20 heteroatoms.